The summed E-state index contributed by atoms with van der Waals surface area (Å²) >= 11 is 1.26. The Bertz CT molecular complexity index is 662. The van der Waals surface area contributed by atoms with E-state index in [0.29, 0.717) is 6.54 Å². The van der Waals surface area contributed by atoms with Crippen molar-refractivity contribution in [2.24, 2.45) is 0 Å². The normalized spacial score (nSPS) is 11.6. The molecule has 0 radical (unpaired) electrons. The van der Waals surface area contributed by atoms with Gasteiger partial charge in [-0.1, -0.05) is 30.3 Å². The summed E-state index contributed by atoms with van der Waals surface area (Å²) < 4.78 is 12.8. The van der Waals surface area contributed by atoms with E-state index in [4.69, 9.17) is 0 Å². The third-order valence-electron chi connectivity index (χ3n) is 3.03. The van der Waals surface area contributed by atoms with Gasteiger partial charge in [-0.3, -0.25) is 10.1 Å². The van der Waals surface area contributed by atoms with E-state index in [2.05, 4.69) is 10.6 Å². The van der Waals surface area contributed by atoms with Gasteiger partial charge in [-0.15, -0.1) is 11.8 Å². The second kappa shape index (κ2) is 8.33. The van der Waals surface area contributed by atoms with Gasteiger partial charge in [-0.05, 0) is 36.8 Å². The van der Waals surface area contributed by atoms with E-state index >= 15 is 0 Å². The smallest absolute Gasteiger partial charge is 0.321 e. The Morgan fingerprint density at radius 1 is 1.09 bits per heavy atom. The molecule has 0 unspecified atom stereocenters. The molecule has 0 aliphatic rings. The molecule has 1 atom stereocenters. The summed E-state index contributed by atoms with van der Waals surface area (Å²) in [4.78, 5) is 24.5. The minimum absolute atomic E-state index is 0.327. The van der Waals surface area contributed by atoms with Crippen molar-refractivity contribution in [2.45, 2.75) is 23.6 Å². The summed E-state index contributed by atoms with van der Waals surface area (Å²) in [5.74, 6) is -0.725. The predicted octanol–water partition coefficient (Wildman–Crippen LogP) is 3.33. The molecule has 0 heterocycles. The van der Waals surface area contributed by atoms with Gasteiger partial charge < -0.3 is 5.32 Å². The van der Waals surface area contributed by atoms with Gasteiger partial charge in [0.05, 0.1) is 5.25 Å². The SMILES string of the molecule is C[C@H](Sc1ccc(F)cc1)C(=O)NC(=O)NCc1ccccc1. The van der Waals surface area contributed by atoms with Gasteiger partial charge in [-0.25, -0.2) is 9.18 Å². The van der Waals surface area contributed by atoms with Crippen LogP contribution in [0.4, 0.5) is 9.18 Å². The van der Waals surface area contributed by atoms with Crippen LogP contribution >= 0.6 is 11.8 Å². The van der Waals surface area contributed by atoms with Crippen LogP contribution in [0.25, 0.3) is 0 Å². The van der Waals surface area contributed by atoms with Crippen LogP contribution in [-0.4, -0.2) is 17.2 Å². The van der Waals surface area contributed by atoms with Crippen LogP contribution in [0.5, 0.6) is 0 Å². The summed E-state index contributed by atoms with van der Waals surface area (Å²) in [6, 6.07) is 14.7. The molecule has 23 heavy (non-hydrogen) atoms. The van der Waals surface area contributed by atoms with E-state index in [-0.39, 0.29) is 5.82 Å². The first-order valence-electron chi connectivity index (χ1n) is 7.09. The lowest BCUT2D eigenvalue weighted by Crippen LogP contribution is -2.42. The Hall–Kier alpha value is -2.34. The number of hydrogen-bond donors (Lipinski definition) is 2. The molecule has 4 nitrogen and oxygen atoms in total. The number of hydrogen-bond acceptors (Lipinski definition) is 3. The van der Waals surface area contributed by atoms with Crippen molar-refractivity contribution in [3.63, 3.8) is 0 Å². The first-order chi connectivity index (χ1) is 11.0. The van der Waals surface area contributed by atoms with Gasteiger partial charge in [-0.2, -0.15) is 0 Å². The summed E-state index contributed by atoms with van der Waals surface area (Å²) in [7, 11) is 0. The van der Waals surface area contributed by atoms with Gasteiger partial charge in [0.15, 0.2) is 0 Å². The summed E-state index contributed by atoms with van der Waals surface area (Å²) in [6.07, 6.45) is 0. The quantitative estimate of drug-likeness (QED) is 0.826. The van der Waals surface area contributed by atoms with E-state index in [1.165, 1.54) is 23.9 Å². The van der Waals surface area contributed by atoms with Crippen molar-refractivity contribution in [3.05, 3.63) is 66.0 Å². The first kappa shape index (κ1) is 17.0. The molecule has 0 spiro atoms. The topological polar surface area (TPSA) is 58.2 Å². The zero-order valence-electron chi connectivity index (χ0n) is 12.6. The highest BCUT2D eigenvalue weighted by atomic mass is 32.2. The molecule has 0 saturated heterocycles. The Morgan fingerprint density at radius 2 is 1.74 bits per heavy atom. The average molecular weight is 332 g/mol. The molecule has 6 heteroatoms. The molecule has 2 rings (SSSR count). The number of benzene rings is 2. The van der Waals surface area contributed by atoms with E-state index in [9.17, 15) is 14.0 Å². The lowest BCUT2D eigenvalue weighted by Gasteiger charge is -2.12. The van der Waals surface area contributed by atoms with Crippen molar-refractivity contribution < 1.29 is 14.0 Å². The molecule has 0 aliphatic heterocycles. The number of imide groups is 1. The van der Waals surface area contributed by atoms with Crippen molar-refractivity contribution in [1.29, 1.82) is 0 Å². The second-order valence-electron chi connectivity index (χ2n) is 4.87. The van der Waals surface area contributed by atoms with E-state index < -0.39 is 17.2 Å². The molecular weight excluding hydrogens is 315 g/mol. The van der Waals surface area contributed by atoms with Crippen LogP contribution in [0.3, 0.4) is 0 Å². The molecule has 2 aromatic rings. The zero-order valence-corrected chi connectivity index (χ0v) is 13.4. The highest BCUT2D eigenvalue weighted by Crippen LogP contribution is 2.23. The van der Waals surface area contributed by atoms with E-state index in [1.54, 1.807) is 19.1 Å². The standard InChI is InChI=1S/C17H17FN2O2S/c1-12(23-15-9-7-14(18)8-10-15)16(21)20-17(22)19-11-13-5-3-2-4-6-13/h2-10,12H,11H2,1H3,(H2,19,20,21,22)/t12-/m0/s1. The summed E-state index contributed by atoms with van der Waals surface area (Å²) in [5.41, 5.74) is 0.948. The number of thioether (sulfide) groups is 1. The Morgan fingerprint density at radius 3 is 2.39 bits per heavy atom. The van der Waals surface area contributed by atoms with E-state index in [1.807, 2.05) is 30.3 Å². The fraction of sp³-hybridized carbons (Fsp3) is 0.176. The molecular formula is C17H17FN2O2S. The van der Waals surface area contributed by atoms with Crippen LogP contribution in [0, 0.1) is 5.82 Å². The van der Waals surface area contributed by atoms with Crippen LogP contribution in [0.15, 0.2) is 59.5 Å². The molecule has 2 aromatic carbocycles. The maximum Gasteiger partial charge on any atom is 0.321 e. The number of urea groups is 1. The molecule has 2 N–H and O–H groups in total. The van der Waals surface area contributed by atoms with Crippen molar-refractivity contribution in [1.82, 2.24) is 10.6 Å². The minimum Gasteiger partial charge on any atom is -0.334 e. The van der Waals surface area contributed by atoms with Gasteiger partial charge in [0, 0.05) is 11.4 Å². The molecule has 0 aromatic heterocycles. The number of halogens is 1. The third kappa shape index (κ3) is 5.75. The largest absolute Gasteiger partial charge is 0.334 e. The molecule has 120 valence electrons. The second-order valence-corrected chi connectivity index (χ2v) is 6.29. The molecule has 3 amide bonds. The summed E-state index contributed by atoms with van der Waals surface area (Å²) in [5, 5.41) is 4.45. The highest BCUT2D eigenvalue weighted by Gasteiger charge is 2.16. The van der Waals surface area contributed by atoms with E-state index in [0.717, 1.165) is 10.5 Å². The molecule has 0 bridgehead atoms. The fourth-order valence-electron chi connectivity index (χ4n) is 1.81. The molecule has 0 aliphatic carbocycles. The zero-order chi connectivity index (χ0) is 16.7. The Kier molecular flexibility index (Phi) is 6.17. The van der Waals surface area contributed by atoms with Crippen molar-refractivity contribution in [3.8, 4) is 0 Å². The Labute approximate surface area is 138 Å². The van der Waals surface area contributed by atoms with Crippen molar-refractivity contribution in [2.75, 3.05) is 0 Å². The monoisotopic (exact) mass is 332 g/mol. The van der Waals surface area contributed by atoms with Crippen LogP contribution < -0.4 is 10.6 Å². The number of rotatable bonds is 5. The number of nitrogens with one attached hydrogen (secondary N) is 2. The first-order valence-corrected chi connectivity index (χ1v) is 7.97. The lowest BCUT2D eigenvalue weighted by molar-refractivity contribution is -0.119. The predicted molar refractivity (Wildman–Crippen MR) is 88.5 cm³/mol. The average Bonchev–Trinajstić information content (AvgIpc) is 2.56. The Balaban J connectivity index is 1.78. The maximum atomic E-state index is 12.8. The number of carbonyl (C=O) groups is 2. The fourth-order valence-corrected chi connectivity index (χ4v) is 2.67. The number of carbonyl (C=O) groups excluding carboxylic acids is 2. The number of amides is 3. The molecule has 0 saturated carbocycles. The third-order valence-corrected chi connectivity index (χ3v) is 4.14. The van der Waals surface area contributed by atoms with Crippen LogP contribution in [0.1, 0.15) is 12.5 Å². The van der Waals surface area contributed by atoms with Crippen molar-refractivity contribution >= 4 is 23.7 Å². The van der Waals surface area contributed by atoms with Crippen LogP contribution in [-0.2, 0) is 11.3 Å². The molecule has 0 fully saturated rings. The minimum atomic E-state index is -0.537. The van der Waals surface area contributed by atoms with Gasteiger partial charge >= 0.3 is 6.03 Å². The maximum absolute atomic E-state index is 12.8. The van der Waals surface area contributed by atoms with Gasteiger partial charge in [0.2, 0.25) is 5.91 Å². The van der Waals surface area contributed by atoms with Gasteiger partial charge in [0.25, 0.3) is 0 Å². The summed E-state index contributed by atoms with van der Waals surface area (Å²) in [6.45, 7) is 2.03. The van der Waals surface area contributed by atoms with Crippen LogP contribution in [0.2, 0.25) is 0 Å². The highest BCUT2D eigenvalue weighted by molar-refractivity contribution is 8.00. The lowest BCUT2D eigenvalue weighted by atomic mass is 10.2. The van der Waals surface area contributed by atoms with Gasteiger partial charge in [0.1, 0.15) is 5.82 Å².